The number of hydrogen-bond acceptors (Lipinski definition) is 5. The molecule has 4 aromatic rings. The summed E-state index contributed by atoms with van der Waals surface area (Å²) in [5.41, 5.74) is 3.73. The van der Waals surface area contributed by atoms with Crippen LogP contribution in [0.5, 0.6) is 5.75 Å². The van der Waals surface area contributed by atoms with E-state index in [-0.39, 0.29) is 13.2 Å². The van der Waals surface area contributed by atoms with Crippen molar-refractivity contribution in [1.82, 2.24) is 0 Å². The maximum Gasteiger partial charge on any atom is 0.344 e. The van der Waals surface area contributed by atoms with Crippen molar-refractivity contribution in [1.29, 1.82) is 0 Å². The number of fused-ring (bicyclic) bond motifs is 1. The molecule has 5 heteroatoms. The lowest BCUT2D eigenvalue weighted by Gasteiger charge is -2.12. The molecule has 4 rings (SSSR count). The molecule has 0 bridgehead atoms. The van der Waals surface area contributed by atoms with Gasteiger partial charge in [0, 0.05) is 23.4 Å². The summed E-state index contributed by atoms with van der Waals surface area (Å²) < 4.78 is 16.3. The molecule has 3 aromatic carbocycles. The second-order valence-electron chi connectivity index (χ2n) is 7.31. The fourth-order valence-corrected chi connectivity index (χ4v) is 3.40. The molecule has 31 heavy (non-hydrogen) atoms. The Morgan fingerprint density at radius 3 is 2.52 bits per heavy atom. The average molecular weight is 414 g/mol. The third-order valence-corrected chi connectivity index (χ3v) is 4.93. The standard InChI is InChI=1S/C26H22O5/c1-18-11-12-22-21(15-25(27)31-24(22)13-18)16-30-26(28)17-29-23-10-6-5-9-20(23)14-19-7-3-2-4-8-19/h2-13,15H,14,16-17H2,1H3. The molecule has 0 aliphatic rings. The summed E-state index contributed by atoms with van der Waals surface area (Å²) in [5.74, 6) is 0.132. The summed E-state index contributed by atoms with van der Waals surface area (Å²) in [6.45, 7) is 1.67. The number of ether oxygens (including phenoxy) is 2. The van der Waals surface area contributed by atoms with Crippen molar-refractivity contribution in [3.63, 3.8) is 0 Å². The number of aryl methyl sites for hydroxylation is 1. The molecule has 0 unspecified atom stereocenters. The second kappa shape index (κ2) is 9.30. The largest absolute Gasteiger partial charge is 0.482 e. The molecular weight excluding hydrogens is 392 g/mol. The van der Waals surface area contributed by atoms with Crippen molar-refractivity contribution >= 4 is 16.9 Å². The van der Waals surface area contributed by atoms with Gasteiger partial charge >= 0.3 is 11.6 Å². The van der Waals surface area contributed by atoms with E-state index >= 15 is 0 Å². The van der Waals surface area contributed by atoms with E-state index in [1.165, 1.54) is 6.07 Å². The molecule has 5 nitrogen and oxygen atoms in total. The monoisotopic (exact) mass is 414 g/mol. The van der Waals surface area contributed by atoms with Crippen LogP contribution in [-0.4, -0.2) is 12.6 Å². The zero-order chi connectivity index (χ0) is 21.6. The van der Waals surface area contributed by atoms with Crippen molar-refractivity contribution in [2.75, 3.05) is 6.61 Å². The van der Waals surface area contributed by atoms with Gasteiger partial charge in [0.15, 0.2) is 6.61 Å². The van der Waals surface area contributed by atoms with Gasteiger partial charge in [-0.25, -0.2) is 9.59 Å². The summed E-state index contributed by atoms with van der Waals surface area (Å²) >= 11 is 0. The van der Waals surface area contributed by atoms with Crippen LogP contribution in [0.3, 0.4) is 0 Å². The first-order valence-electron chi connectivity index (χ1n) is 10.0. The van der Waals surface area contributed by atoms with Gasteiger partial charge in [-0.1, -0.05) is 60.7 Å². The van der Waals surface area contributed by atoms with Crippen LogP contribution in [0.2, 0.25) is 0 Å². The molecule has 0 aliphatic heterocycles. The third kappa shape index (κ3) is 5.20. The van der Waals surface area contributed by atoms with Gasteiger partial charge in [0.25, 0.3) is 0 Å². The molecule has 0 atom stereocenters. The van der Waals surface area contributed by atoms with Crippen molar-refractivity contribution in [2.24, 2.45) is 0 Å². The maximum absolute atomic E-state index is 12.3. The highest BCUT2D eigenvalue weighted by molar-refractivity contribution is 5.81. The van der Waals surface area contributed by atoms with Gasteiger partial charge in [-0.2, -0.15) is 0 Å². The number of esters is 1. The first kappa shape index (κ1) is 20.4. The highest BCUT2D eigenvalue weighted by atomic mass is 16.6. The normalized spacial score (nSPS) is 10.7. The lowest BCUT2D eigenvalue weighted by Crippen LogP contribution is -2.16. The number of hydrogen-bond donors (Lipinski definition) is 0. The van der Waals surface area contributed by atoms with Crippen LogP contribution in [-0.2, 0) is 22.6 Å². The van der Waals surface area contributed by atoms with E-state index in [0.29, 0.717) is 23.3 Å². The van der Waals surface area contributed by atoms with E-state index in [9.17, 15) is 9.59 Å². The van der Waals surface area contributed by atoms with Crippen molar-refractivity contribution in [3.05, 3.63) is 112 Å². The Kier molecular flexibility index (Phi) is 6.13. The number of para-hydroxylation sites is 1. The Hall–Kier alpha value is -3.86. The highest BCUT2D eigenvalue weighted by Gasteiger charge is 2.11. The molecule has 1 heterocycles. The minimum absolute atomic E-state index is 0.0288. The summed E-state index contributed by atoms with van der Waals surface area (Å²) in [6.07, 6.45) is 0.706. The van der Waals surface area contributed by atoms with Crippen molar-refractivity contribution in [3.8, 4) is 5.75 Å². The fourth-order valence-electron chi connectivity index (χ4n) is 3.40. The van der Waals surface area contributed by atoms with Crippen molar-refractivity contribution in [2.45, 2.75) is 20.0 Å². The molecule has 0 radical (unpaired) electrons. The molecular formula is C26H22O5. The Morgan fingerprint density at radius 1 is 0.903 bits per heavy atom. The second-order valence-corrected chi connectivity index (χ2v) is 7.31. The predicted molar refractivity (Wildman–Crippen MR) is 118 cm³/mol. The third-order valence-electron chi connectivity index (χ3n) is 4.93. The van der Waals surface area contributed by atoms with E-state index in [1.807, 2.05) is 73.7 Å². The van der Waals surface area contributed by atoms with Gasteiger partial charge < -0.3 is 13.9 Å². The Morgan fingerprint density at radius 2 is 1.68 bits per heavy atom. The lowest BCUT2D eigenvalue weighted by molar-refractivity contribution is -0.147. The molecule has 156 valence electrons. The first-order chi connectivity index (χ1) is 15.1. The molecule has 0 N–H and O–H groups in total. The lowest BCUT2D eigenvalue weighted by atomic mass is 10.0. The zero-order valence-corrected chi connectivity index (χ0v) is 17.2. The van der Waals surface area contributed by atoms with Crippen LogP contribution in [0, 0.1) is 6.92 Å². The highest BCUT2D eigenvalue weighted by Crippen LogP contribution is 2.22. The summed E-state index contributed by atoms with van der Waals surface area (Å²) in [4.78, 5) is 24.1. The van der Waals surface area contributed by atoms with Crippen LogP contribution in [0.25, 0.3) is 11.0 Å². The predicted octanol–water partition coefficient (Wildman–Crippen LogP) is 4.81. The molecule has 0 aliphatic carbocycles. The first-order valence-corrected chi connectivity index (χ1v) is 10.0. The van der Waals surface area contributed by atoms with Crippen LogP contribution < -0.4 is 10.4 Å². The molecule has 0 spiro atoms. The molecule has 0 saturated carbocycles. The van der Waals surface area contributed by atoms with Gasteiger partial charge in [0.1, 0.15) is 17.9 Å². The minimum atomic E-state index is -0.511. The molecule has 0 amide bonds. The van der Waals surface area contributed by atoms with E-state index in [4.69, 9.17) is 13.9 Å². The van der Waals surface area contributed by atoms with Gasteiger partial charge in [-0.05, 0) is 35.7 Å². The SMILES string of the molecule is Cc1ccc2c(COC(=O)COc3ccccc3Cc3ccccc3)cc(=O)oc2c1. The van der Waals surface area contributed by atoms with Crippen molar-refractivity contribution < 1.29 is 18.7 Å². The van der Waals surface area contributed by atoms with Gasteiger partial charge in [0.2, 0.25) is 0 Å². The van der Waals surface area contributed by atoms with E-state index in [0.717, 1.165) is 22.1 Å². The van der Waals surface area contributed by atoms with Gasteiger partial charge in [-0.3, -0.25) is 0 Å². The van der Waals surface area contributed by atoms with E-state index in [1.54, 1.807) is 6.07 Å². The minimum Gasteiger partial charge on any atom is -0.482 e. The topological polar surface area (TPSA) is 65.7 Å². The number of benzene rings is 3. The zero-order valence-electron chi connectivity index (χ0n) is 17.2. The molecule has 0 saturated heterocycles. The van der Waals surface area contributed by atoms with E-state index in [2.05, 4.69) is 0 Å². The van der Waals surface area contributed by atoms with Gasteiger partial charge in [0.05, 0.1) is 0 Å². The smallest absolute Gasteiger partial charge is 0.344 e. The Bertz CT molecular complexity index is 1260. The maximum atomic E-state index is 12.3. The summed E-state index contributed by atoms with van der Waals surface area (Å²) in [7, 11) is 0. The summed E-state index contributed by atoms with van der Waals surface area (Å²) in [6, 6.07) is 24.6. The molecule has 1 aromatic heterocycles. The number of rotatable bonds is 7. The van der Waals surface area contributed by atoms with Gasteiger partial charge in [-0.15, -0.1) is 0 Å². The Balaban J connectivity index is 1.40. The fraction of sp³-hybridized carbons (Fsp3) is 0.154. The van der Waals surface area contributed by atoms with Crippen LogP contribution in [0.1, 0.15) is 22.3 Å². The van der Waals surface area contributed by atoms with E-state index < -0.39 is 11.6 Å². The van der Waals surface area contributed by atoms with Crippen LogP contribution in [0.4, 0.5) is 0 Å². The van der Waals surface area contributed by atoms with Crippen LogP contribution in [0.15, 0.2) is 88.1 Å². The number of carbonyl (C=O) groups is 1. The number of carbonyl (C=O) groups excluding carboxylic acids is 1. The Labute approximate surface area is 179 Å². The quantitative estimate of drug-likeness (QED) is 0.321. The molecule has 0 fully saturated rings. The average Bonchev–Trinajstić information content (AvgIpc) is 2.77. The van der Waals surface area contributed by atoms with Crippen LogP contribution >= 0.6 is 0 Å². The summed E-state index contributed by atoms with van der Waals surface area (Å²) in [5, 5.41) is 0.743.